The van der Waals surface area contributed by atoms with Gasteiger partial charge in [0.15, 0.2) is 0 Å². The van der Waals surface area contributed by atoms with Gasteiger partial charge in [-0.2, -0.15) is 0 Å². The second-order valence-corrected chi connectivity index (χ2v) is 4.27. The number of ether oxygens (including phenoxy) is 1. The Balaban J connectivity index is 3.50. The molecule has 2 N–H and O–H groups in total. The van der Waals surface area contributed by atoms with Crippen LogP contribution in [0.25, 0.3) is 0 Å². The van der Waals surface area contributed by atoms with E-state index >= 15 is 0 Å². The van der Waals surface area contributed by atoms with Crippen molar-refractivity contribution in [2.24, 2.45) is 0 Å². The summed E-state index contributed by atoms with van der Waals surface area (Å²) in [6.07, 6.45) is -4.62. The molecule has 0 heterocycles. The van der Waals surface area contributed by atoms with Crippen molar-refractivity contribution < 1.29 is 22.7 Å². The molecule has 0 aliphatic rings. The highest BCUT2D eigenvalue weighted by Crippen LogP contribution is 2.14. The molecule has 0 saturated carbocycles. The smallest absolute Gasteiger partial charge is 0.350 e. The Morgan fingerprint density at radius 3 is 2.25 bits per heavy atom. The van der Waals surface area contributed by atoms with Crippen LogP contribution in [0.3, 0.4) is 0 Å². The number of alkyl halides is 3. The van der Waals surface area contributed by atoms with Gasteiger partial charge in [-0.25, -0.2) is 0 Å². The SMILES string of the molecule is CC(C)(C)NC(=O)CNCCOC(F)(F)F. The summed E-state index contributed by atoms with van der Waals surface area (Å²) < 4.78 is 38.1. The Morgan fingerprint density at radius 1 is 1.25 bits per heavy atom. The summed E-state index contributed by atoms with van der Waals surface area (Å²) in [4.78, 5) is 11.2. The number of amides is 1. The van der Waals surface area contributed by atoms with Gasteiger partial charge in [-0.05, 0) is 20.8 Å². The van der Waals surface area contributed by atoms with Crippen LogP contribution in [0.1, 0.15) is 20.8 Å². The molecule has 0 aromatic heterocycles. The van der Waals surface area contributed by atoms with E-state index in [9.17, 15) is 18.0 Å². The minimum absolute atomic E-state index is 0.0293. The van der Waals surface area contributed by atoms with E-state index < -0.39 is 13.0 Å². The highest BCUT2D eigenvalue weighted by Gasteiger charge is 2.28. The third-order valence-electron chi connectivity index (χ3n) is 1.34. The van der Waals surface area contributed by atoms with E-state index in [1.54, 1.807) is 0 Å². The van der Waals surface area contributed by atoms with Crippen LogP contribution < -0.4 is 10.6 Å². The maximum atomic E-state index is 11.5. The molecular formula is C9H17F3N2O2. The van der Waals surface area contributed by atoms with Crippen LogP contribution in [0.15, 0.2) is 0 Å². The van der Waals surface area contributed by atoms with Gasteiger partial charge in [0.25, 0.3) is 0 Å². The standard InChI is InChI=1S/C9H17F3N2O2/c1-8(2,3)14-7(15)6-13-4-5-16-9(10,11)12/h13H,4-6H2,1-3H3,(H,14,15). The zero-order valence-electron chi connectivity index (χ0n) is 9.57. The van der Waals surface area contributed by atoms with Crippen molar-refractivity contribution in [3.63, 3.8) is 0 Å². The zero-order chi connectivity index (χ0) is 12.8. The summed E-state index contributed by atoms with van der Waals surface area (Å²) in [5.41, 5.74) is -0.346. The molecule has 0 aromatic rings. The van der Waals surface area contributed by atoms with Crippen LogP contribution in [0.2, 0.25) is 0 Å². The number of carbonyl (C=O) groups is 1. The van der Waals surface area contributed by atoms with E-state index in [1.807, 2.05) is 20.8 Å². The van der Waals surface area contributed by atoms with Gasteiger partial charge in [0.1, 0.15) is 0 Å². The summed E-state index contributed by atoms with van der Waals surface area (Å²) in [7, 11) is 0. The Labute approximate surface area is 92.5 Å². The van der Waals surface area contributed by atoms with Crippen LogP contribution in [-0.2, 0) is 9.53 Å². The van der Waals surface area contributed by atoms with Crippen LogP contribution in [0.5, 0.6) is 0 Å². The quantitative estimate of drug-likeness (QED) is 0.708. The molecule has 0 rings (SSSR count). The Bertz CT molecular complexity index is 224. The van der Waals surface area contributed by atoms with Gasteiger partial charge >= 0.3 is 6.36 Å². The largest absolute Gasteiger partial charge is 0.522 e. The Kier molecular flexibility index (Phi) is 5.74. The average Bonchev–Trinajstić information content (AvgIpc) is 1.97. The van der Waals surface area contributed by atoms with Crippen molar-refractivity contribution in [1.29, 1.82) is 0 Å². The van der Waals surface area contributed by atoms with Crippen LogP contribution in [0.4, 0.5) is 13.2 Å². The number of halogens is 3. The van der Waals surface area contributed by atoms with Crippen LogP contribution >= 0.6 is 0 Å². The first-order valence-electron chi connectivity index (χ1n) is 4.82. The molecule has 0 aliphatic heterocycles. The minimum Gasteiger partial charge on any atom is -0.350 e. The van der Waals surface area contributed by atoms with Gasteiger partial charge < -0.3 is 10.6 Å². The summed E-state index contributed by atoms with van der Waals surface area (Å²) in [5, 5.41) is 5.21. The van der Waals surface area contributed by atoms with E-state index in [-0.39, 0.29) is 24.5 Å². The molecule has 0 spiro atoms. The molecule has 0 aliphatic carbocycles. The Hall–Kier alpha value is -0.820. The summed E-state index contributed by atoms with van der Waals surface area (Å²) in [6, 6.07) is 0. The second kappa shape index (κ2) is 6.05. The lowest BCUT2D eigenvalue weighted by molar-refractivity contribution is -0.323. The topological polar surface area (TPSA) is 50.4 Å². The second-order valence-electron chi connectivity index (χ2n) is 4.27. The first-order valence-corrected chi connectivity index (χ1v) is 4.82. The van der Waals surface area contributed by atoms with E-state index in [0.717, 1.165) is 0 Å². The number of hydrogen-bond acceptors (Lipinski definition) is 3. The lowest BCUT2D eigenvalue weighted by Gasteiger charge is -2.20. The number of carbonyl (C=O) groups excluding carboxylic acids is 1. The van der Waals surface area contributed by atoms with Gasteiger partial charge in [0, 0.05) is 12.1 Å². The van der Waals surface area contributed by atoms with Crippen LogP contribution in [-0.4, -0.2) is 37.5 Å². The van der Waals surface area contributed by atoms with Crippen molar-refractivity contribution in [2.45, 2.75) is 32.7 Å². The van der Waals surface area contributed by atoms with Crippen molar-refractivity contribution in [3.8, 4) is 0 Å². The summed E-state index contributed by atoms with van der Waals surface area (Å²) in [5.74, 6) is -0.264. The van der Waals surface area contributed by atoms with Crippen molar-refractivity contribution in [2.75, 3.05) is 19.7 Å². The van der Waals surface area contributed by atoms with Crippen molar-refractivity contribution in [3.05, 3.63) is 0 Å². The summed E-state index contributed by atoms with van der Waals surface area (Å²) in [6.45, 7) is 4.88. The number of hydrogen-bond donors (Lipinski definition) is 2. The fourth-order valence-electron chi connectivity index (χ4n) is 0.903. The Morgan fingerprint density at radius 2 is 1.81 bits per heavy atom. The number of nitrogens with one attached hydrogen (secondary N) is 2. The molecule has 0 atom stereocenters. The van der Waals surface area contributed by atoms with E-state index in [0.29, 0.717) is 0 Å². The van der Waals surface area contributed by atoms with Gasteiger partial charge in [0.05, 0.1) is 13.2 Å². The molecule has 0 unspecified atom stereocenters. The highest BCUT2D eigenvalue weighted by atomic mass is 19.4. The molecule has 96 valence electrons. The maximum absolute atomic E-state index is 11.5. The van der Waals surface area contributed by atoms with Crippen LogP contribution in [0, 0.1) is 0 Å². The molecule has 0 fully saturated rings. The predicted octanol–water partition coefficient (Wildman–Crippen LogP) is 1.03. The molecule has 0 saturated heterocycles. The van der Waals surface area contributed by atoms with Crippen molar-refractivity contribution >= 4 is 5.91 Å². The van der Waals surface area contributed by atoms with Gasteiger partial charge in [0.2, 0.25) is 5.91 Å². The fraction of sp³-hybridized carbons (Fsp3) is 0.889. The number of rotatable bonds is 5. The van der Waals surface area contributed by atoms with Gasteiger partial charge in [-0.15, -0.1) is 13.2 Å². The summed E-state index contributed by atoms with van der Waals surface area (Å²) >= 11 is 0. The van der Waals surface area contributed by atoms with Gasteiger partial charge in [-0.1, -0.05) is 0 Å². The first kappa shape index (κ1) is 15.2. The van der Waals surface area contributed by atoms with Gasteiger partial charge in [-0.3, -0.25) is 9.53 Å². The molecule has 16 heavy (non-hydrogen) atoms. The lowest BCUT2D eigenvalue weighted by Crippen LogP contribution is -2.45. The van der Waals surface area contributed by atoms with Crippen molar-refractivity contribution in [1.82, 2.24) is 10.6 Å². The van der Waals surface area contributed by atoms with E-state index in [1.165, 1.54) is 0 Å². The third-order valence-corrected chi connectivity index (χ3v) is 1.34. The molecule has 0 bridgehead atoms. The minimum atomic E-state index is -4.62. The molecule has 0 radical (unpaired) electrons. The highest BCUT2D eigenvalue weighted by molar-refractivity contribution is 5.78. The molecule has 4 nitrogen and oxygen atoms in total. The van der Waals surface area contributed by atoms with E-state index in [2.05, 4.69) is 15.4 Å². The maximum Gasteiger partial charge on any atom is 0.522 e. The predicted molar refractivity (Wildman–Crippen MR) is 52.8 cm³/mol. The third kappa shape index (κ3) is 11.3. The van der Waals surface area contributed by atoms with E-state index in [4.69, 9.17) is 0 Å². The molecule has 1 amide bonds. The first-order chi connectivity index (χ1) is 7.10. The molecule has 7 heteroatoms. The molecular weight excluding hydrogens is 225 g/mol. The average molecular weight is 242 g/mol. The fourth-order valence-corrected chi connectivity index (χ4v) is 0.903. The normalized spacial score (nSPS) is 12.6. The lowest BCUT2D eigenvalue weighted by atomic mass is 10.1. The molecule has 0 aromatic carbocycles. The zero-order valence-corrected chi connectivity index (χ0v) is 9.57. The monoisotopic (exact) mass is 242 g/mol.